The molecule has 1 saturated carbocycles. The van der Waals surface area contributed by atoms with Gasteiger partial charge in [-0.05, 0) is 25.7 Å². The Morgan fingerprint density at radius 3 is 2.52 bits per heavy atom. The van der Waals surface area contributed by atoms with Crippen LogP contribution in [-0.4, -0.2) is 51.1 Å². The molecule has 2 rings (SSSR count). The molecule has 2 N–H and O–H groups in total. The molecule has 1 heterocycles. The van der Waals surface area contributed by atoms with E-state index in [9.17, 15) is 13.2 Å². The van der Waals surface area contributed by atoms with E-state index < -0.39 is 16.2 Å². The first-order chi connectivity index (χ1) is 10.0. The van der Waals surface area contributed by atoms with Crippen LogP contribution in [0.1, 0.15) is 44.9 Å². The SMILES string of the molecule is COC1CCCN(S(=O)(=O)NC(=O)NC2CCCCC2)C1. The topological polar surface area (TPSA) is 87.7 Å². The number of rotatable bonds is 4. The van der Waals surface area contributed by atoms with Crippen molar-refractivity contribution in [3.63, 3.8) is 0 Å². The Kier molecular flexibility index (Phi) is 5.83. The standard InChI is InChI=1S/C13H25N3O4S/c1-20-12-8-5-9-16(10-12)21(18,19)15-13(17)14-11-6-3-2-4-7-11/h11-12H,2-10H2,1H3,(H2,14,15,17). The molecule has 21 heavy (non-hydrogen) atoms. The van der Waals surface area contributed by atoms with Gasteiger partial charge in [0.2, 0.25) is 0 Å². The van der Waals surface area contributed by atoms with Crippen molar-refractivity contribution in [2.45, 2.75) is 57.1 Å². The minimum Gasteiger partial charge on any atom is -0.380 e. The van der Waals surface area contributed by atoms with Crippen LogP contribution in [0.15, 0.2) is 0 Å². The van der Waals surface area contributed by atoms with E-state index in [-0.39, 0.29) is 12.1 Å². The number of hydrogen-bond acceptors (Lipinski definition) is 4. The van der Waals surface area contributed by atoms with Gasteiger partial charge in [-0.3, -0.25) is 0 Å². The van der Waals surface area contributed by atoms with Crippen LogP contribution in [0.3, 0.4) is 0 Å². The molecule has 2 amide bonds. The Bertz CT molecular complexity index is 448. The second-order valence-corrected chi connectivity index (χ2v) is 7.44. The first kappa shape index (κ1) is 16.5. The lowest BCUT2D eigenvalue weighted by Crippen LogP contribution is -2.53. The van der Waals surface area contributed by atoms with Crippen molar-refractivity contribution in [1.82, 2.24) is 14.3 Å². The summed E-state index contributed by atoms with van der Waals surface area (Å²) in [5, 5.41) is 2.75. The first-order valence-corrected chi connectivity index (χ1v) is 9.06. The van der Waals surface area contributed by atoms with Gasteiger partial charge in [0.15, 0.2) is 0 Å². The fraction of sp³-hybridized carbons (Fsp3) is 0.923. The van der Waals surface area contributed by atoms with Crippen LogP contribution in [0, 0.1) is 0 Å². The van der Waals surface area contributed by atoms with E-state index in [4.69, 9.17) is 4.74 Å². The number of urea groups is 1. The molecule has 0 spiro atoms. The maximum absolute atomic E-state index is 12.2. The van der Waals surface area contributed by atoms with Gasteiger partial charge in [-0.2, -0.15) is 12.7 Å². The summed E-state index contributed by atoms with van der Waals surface area (Å²) in [5.74, 6) is 0. The highest BCUT2D eigenvalue weighted by Gasteiger charge is 2.30. The monoisotopic (exact) mass is 319 g/mol. The molecule has 0 aromatic heterocycles. The van der Waals surface area contributed by atoms with Crippen LogP contribution >= 0.6 is 0 Å². The van der Waals surface area contributed by atoms with E-state index in [1.54, 1.807) is 7.11 Å². The predicted octanol–water partition coefficient (Wildman–Crippen LogP) is 0.974. The second kappa shape index (κ2) is 7.42. The third kappa shape index (κ3) is 4.82. The van der Waals surface area contributed by atoms with Crippen molar-refractivity contribution in [1.29, 1.82) is 0 Å². The molecule has 0 aromatic rings. The molecule has 0 bridgehead atoms. The molecule has 0 radical (unpaired) electrons. The van der Waals surface area contributed by atoms with Crippen LogP contribution < -0.4 is 10.0 Å². The highest BCUT2D eigenvalue weighted by molar-refractivity contribution is 7.87. The molecule has 2 aliphatic rings. The van der Waals surface area contributed by atoms with Gasteiger partial charge < -0.3 is 10.1 Å². The Labute approximate surface area is 126 Å². The first-order valence-electron chi connectivity index (χ1n) is 7.62. The summed E-state index contributed by atoms with van der Waals surface area (Å²) in [6.07, 6.45) is 6.67. The van der Waals surface area contributed by atoms with E-state index in [1.807, 2.05) is 0 Å². The highest BCUT2D eigenvalue weighted by atomic mass is 32.2. The lowest BCUT2D eigenvalue weighted by Gasteiger charge is -2.31. The molecular weight excluding hydrogens is 294 g/mol. The van der Waals surface area contributed by atoms with Crippen LogP contribution in [0.25, 0.3) is 0 Å². The Balaban J connectivity index is 1.85. The molecule has 8 heteroatoms. The largest absolute Gasteiger partial charge is 0.380 e. The molecule has 1 aliphatic heterocycles. The number of piperidine rings is 1. The lowest BCUT2D eigenvalue weighted by atomic mass is 9.96. The number of carbonyl (C=O) groups excluding carboxylic acids is 1. The van der Waals surface area contributed by atoms with Gasteiger partial charge in [0.1, 0.15) is 0 Å². The van der Waals surface area contributed by atoms with Gasteiger partial charge in [-0.15, -0.1) is 0 Å². The molecule has 2 fully saturated rings. The van der Waals surface area contributed by atoms with Gasteiger partial charge in [0.25, 0.3) is 0 Å². The normalized spacial score (nSPS) is 25.5. The van der Waals surface area contributed by atoms with Crippen LogP contribution in [-0.2, 0) is 14.9 Å². The number of amides is 2. The molecule has 7 nitrogen and oxygen atoms in total. The van der Waals surface area contributed by atoms with Gasteiger partial charge in [0, 0.05) is 26.2 Å². The van der Waals surface area contributed by atoms with Crippen molar-refractivity contribution in [2.75, 3.05) is 20.2 Å². The lowest BCUT2D eigenvalue weighted by molar-refractivity contribution is 0.0569. The van der Waals surface area contributed by atoms with E-state index >= 15 is 0 Å². The number of carbonyl (C=O) groups is 1. The summed E-state index contributed by atoms with van der Waals surface area (Å²) in [5.41, 5.74) is 0. The zero-order chi connectivity index (χ0) is 15.3. The molecule has 122 valence electrons. The quantitative estimate of drug-likeness (QED) is 0.808. The summed E-state index contributed by atoms with van der Waals surface area (Å²) in [7, 11) is -2.21. The maximum atomic E-state index is 12.2. The number of nitrogens with zero attached hydrogens (tertiary/aromatic N) is 1. The number of hydrogen-bond donors (Lipinski definition) is 2. The smallest absolute Gasteiger partial charge is 0.329 e. The molecule has 0 aromatic carbocycles. The van der Waals surface area contributed by atoms with Crippen LogP contribution in [0.2, 0.25) is 0 Å². The van der Waals surface area contributed by atoms with E-state index in [1.165, 1.54) is 10.7 Å². The van der Waals surface area contributed by atoms with Crippen molar-refractivity contribution >= 4 is 16.2 Å². The van der Waals surface area contributed by atoms with E-state index in [0.29, 0.717) is 13.1 Å². The maximum Gasteiger partial charge on any atom is 0.329 e. The Hall–Kier alpha value is -0.860. The Morgan fingerprint density at radius 1 is 1.14 bits per heavy atom. The minimum absolute atomic E-state index is 0.0852. The highest BCUT2D eigenvalue weighted by Crippen LogP contribution is 2.18. The molecule has 1 saturated heterocycles. The Morgan fingerprint density at radius 2 is 1.86 bits per heavy atom. The minimum atomic E-state index is -3.79. The second-order valence-electron chi connectivity index (χ2n) is 5.77. The summed E-state index contributed by atoms with van der Waals surface area (Å²) in [4.78, 5) is 11.9. The molecular formula is C13H25N3O4S. The zero-order valence-electron chi connectivity index (χ0n) is 12.5. The summed E-state index contributed by atoms with van der Waals surface area (Å²) in [6, 6.07) is -0.538. The van der Waals surface area contributed by atoms with Gasteiger partial charge in [0.05, 0.1) is 6.10 Å². The third-order valence-electron chi connectivity index (χ3n) is 4.18. The van der Waals surface area contributed by atoms with Crippen molar-refractivity contribution in [3.05, 3.63) is 0 Å². The predicted molar refractivity (Wildman–Crippen MR) is 79.1 cm³/mol. The molecule has 1 atom stereocenters. The van der Waals surface area contributed by atoms with Gasteiger partial charge in [-0.1, -0.05) is 19.3 Å². The number of ether oxygens (including phenoxy) is 1. The van der Waals surface area contributed by atoms with Crippen LogP contribution in [0.5, 0.6) is 0 Å². The third-order valence-corrected chi connectivity index (χ3v) is 5.63. The molecule has 1 aliphatic carbocycles. The average Bonchev–Trinajstić information content (AvgIpc) is 2.47. The van der Waals surface area contributed by atoms with E-state index in [0.717, 1.165) is 38.5 Å². The van der Waals surface area contributed by atoms with Crippen molar-refractivity contribution in [2.24, 2.45) is 0 Å². The fourth-order valence-corrected chi connectivity index (χ4v) is 4.11. The molecule has 1 unspecified atom stereocenters. The number of nitrogens with one attached hydrogen (secondary N) is 2. The average molecular weight is 319 g/mol. The van der Waals surface area contributed by atoms with Crippen molar-refractivity contribution < 1.29 is 17.9 Å². The summed E-state index contributed by atoms with van der Waals surface area (Å²) < 4.78 is 33.0. The van der Waals surface area contributed by atoms with Gasteiger partial charge >= 0.3 is 16.2 Å². The van der Waals surface area contributed by atoms with Crippen LogP contribution in [0.4, 0.5) is 4.79 Å². The summed E-state index contributed by atoms with van der Waals surface area (Å²) in [6.45, 7) is 0.717. The van der Waals surface area contributed by atoms with E-state index in [2.05, 4.69) is 10.0 Å². The zero-order valence-corrected chi connectivity index (χ0v) is 13.3. The van der Waals surface area contributed by atoms with Crippen molar-refractivity contribution in [3.8, 4) is 0 Å². The summed E-state index contributed by atoms with van der Waals surface area (Å²) >= 11 is 0. The van der Waals surface area contributed by atoms with Gasteiger partial charge in [-0.25, -0.2) is 9.52 Å². The fourth-order valence-electron chi connectivity index (χ4n) is 2.96. The number of methoxy groups -OCH3 is 1.